The van der Waals surface area contributed by atoms with Gasteiger partial charge in [-0.2, -0.15) is 0 Å². The number of hydrogen-bond donors (Lipinski definition) is 0. The highest BCUT2D eigenvalue weighted by atomic mass is 16.1. The van der Waals surface area contributed by atoms with E-state index in [-0.39, 0.29) is 0 Å². The van der Waals surface area contributed by atoms with Crippen LogP contribution in [0.4, 0.5) is 5.69 Å². The van der Waals surface area contributed by atoms with E-state index in [0.29, 0.717) is 11.2 Å². The fraction of sp³-hybridized carbons (Fsp3) is 0.533. The Labute approximate surface area is 103 Å². The van der Waals surface area contributed by atoms with Gasteiger partial charge in [0.1, 0.15) is 5.78 Å². The second-order valence-electron chi connectivity index (χ2n) is 5.55. The number of hydrogen-bond acceptors (Lipinski definition) is 2. The van der Waals surface area contributed by atoms with Crippen LogP contribution in [0.2, 0.25) is 0 Å². The van der Waals surface area contributed by atoms with Gasteiger partial charge in [0.2, 0.25) is 0 Å². The third-order valence-electron chi connectivity index (χ3n) is 4.43. The molecule has 1 saturated heterocycles. The van der Waals surface area contributed by atoms with Crippen molar-refractivity contribution < 1.29 is 4.79 Å². The van der Waals surface area contributed by atoms with Crippen LogP contribution in [0.1, 0.15) is 32.1 Å². The minimum Gasteiger partial charge on any atom is -0.371 e. The summed E-state index contributed by atoms with van der Waals surface area (Å²) in [4.78, 5) is 13.8. The summed E-state index contributed by atoms with van der Waals surface area (Å²) in [5, 5.41) is 0. The van der Waals surface area contributed by atoms with Gasteiger partial charge >= 0.3 is 0 Å². The lowest BCUT2D eigenvalue weighted by Crippen LogP contribution is -2.31. The molecule has 2 fully saturated rings. The molecule has 0 bridgehead atoms. The van der Waals surface area contributed by atoms with Gasteiger partial charge in [0.15, 0.2) is 0 Å². The molecular weight excluding hydrogens is 210 g/mol. The van der Waals surface area contributed by atoms with Crippen molar-refractivity contribution in [3.05, 3.63) is 30.3 Å². The minimum atomic E-state index is 0.434. The molecule has 0 N–H and O–H groups in total. The predicted octanol–water partition coefficient (Wildman–Crippen LogP) is 3.03. The van der Waals surface area contributed by atoms with Crippen molar-refractivity contribution in [2.45, 2.75) is 32.1 Å². The molecule has 2 heteroatoms. The van der Waals surface area contributed by atoms with Crippen molar-refractivity contribution in [1.82, 2.24) is 0 Å². The number of carbonyl (C=O) groups excluding carboxylic acids is 1. The Bertz CT molecular complexity index is 402. The Morgan fingerprint density at radius 1 is 1.00 bits per heavy atom. The highest BCUT2D eigenvalue weighted by Crippen LogP contribution is 2.43. The zero-order chi connectivity index (χ0) is 11.7. The van der Waals surface area contributed by atoms with Crippen LogP contribution in [-0.2, 0) is 4.79 Å². The van der Waals surface area contributed by atoms with Crippen LogP contribution >= 0.6 is 0 Å². The largest absolute Gasteiger partial charge is 0.371 e. The Balaban J connectivity index is 1.71. The fourth-order valence-corrected chi connectivity index (χ4v) is 3.26. The summed E-state index contributed by atoms with van der Waals surface area (Å²) in [7, 11) is 0. The number of carbonyl (C=O) groups is 1. The topological polar surface area (TPSA) is 20.3 Å². The first-order chi connectivity index (χ1) is 8.27. The minimum absolute atomic E-state index is 0.434. The molecule has 90 valence electrons. The van der Waals surface area contributed by atoms with Gasteiger partial charge in [-0.3, -0.25) is 4.79 Å². The first-order valence-electron chi connectivity index (χ1n) is 6.59. The molecule has 0 radical (unpaired) electrons. The summed E-state index contributed by atoms with van der Waals surface area (Å²) < 4.78 is 0. The average molecular weight is 229 g/mol. The van der Waals surface area contributed by atoms with E-state index in [0.717, 1.165) is 38.8 Å². The summed E-state index contributed by atoms with van der Waals surface area (Å²) in [5.74, 6) is 0.466. The Morgan fingerprint density at radius 2 is 1.71 bits per heavy atom. The van der Waals surface area contributed by atoms with Gasteiger partial charge in [-0.05, 0) is 36.8 Å². The van der Waals surface area contributed by atoms with Gasteiger partial charge in [0, 0.05) is 31.6 Å². The number of ketones is 1. The van der Waals surface area contributed by atoms with E-state index in [1.54, 1.807) is 0 Å². The summed E-state index contributed by atoms with van der Waals surface area (Å²) in [6.07, 6.45) is 5.09. The molecule has 1 aromatic carbocycles. The number of benzene rings is 1. The van der Waals surface area contributed by atoms with Gasteiger partial charge in [-0.25, -0.2) is 0 Å². The Hall–Kier alpha value is -1.31. The van der Waals surface area contributed by atoms with Crippen molar-refractivity contribution in [3.63, 3.8) is 0 Å². The highest BCUT2D eigenvalue weighted by Gasteiger charge is 2.40. The maximum Gasteiger partial charge on any atom is 0.132 e. The molecule has 1 aromatic rings. The molecule has 0 unspecified atom stereocenters. The van der Waals surface area contributed by atoms with E-state index in [4.69, 9.17) is 0 Å². The van der Waals surface area contributed by atoms with Crippen LogP contribution < -0.4 is 4.90 Å². The summed E-state index contributed by atoms with van der Waals surface area (Å²) in [5.41, 5.74) is 1.77. The molecule has 1 spiro atoms. The van der Waals surface area contributed by atoms with Gasteiger partial charge in [0.05, 0.1) is 0 Å². The SMILES string of the molecule is O=C1CCC2(CC1)CCN(c1ccccc1)C2. The molecule has 0 atom stereocenters. The van der Waals surface area contributed by atoms with Gasteiger partial charge in [-0.15, -0.1) is 0 Å². The monoisotopic (exact) mass is 229 g/mol. The van der Waals surface area contributed by atoms with E-state index in [2.05, 4.69) is 35.2 Å². The maximum atomic E-state index is 11.3. The lowest BCUT2D eigenvalue weighted by atomic mass is 9.73. The molecule has 1 aliphatic carbocycles. The summed E-state index contributed by atoms with van der Waals surface area (Å²) in [6.45, 7) is 2.29. The molecular formula is C15H19NO. The second kappa shape index (κ2) is 4.17. The predicted molar refractivity (Wildman–Crippen MR) is 69.2 cm³/mol. The molecule has 0 aromatic heterocycles. The standard InChI is InChI=1S/C15H19NO/c17-14-6-8-15(9-7-14)10-11-16(12-15)13-4-2-1-3-5-13/h1-5H,6-12H2. The molecule has 1 heterocycles. The summed E-state index contributed by atoms with van der Waals surface area (Å²) in [6, 6.07) is 10.6. The lowest BCUT2D eigenvalue weighted by Gasteiger charge is -2.32. The van der Waals surface area contributed by atoms with E-state index in [1.807, 2.05) is 0 Å². The van der Waals surface area contributed by atoms with Gasteiger partial charge in [-0.1, -0.05) is 18.2 Å². The van der Waals surface area contributed by atoms with Crippen molar-refractivity contribution in [2.75, 3.05) is 18.0 Å². The molecule has 2 nitrogen and oxygen atoms in total. The quantitative estimate of drug-likeness (QED) is 0.737. The number of para-hydroxylation sites is 1. The first-order valence-corrected chi connectivity index (χ1v) is 6.59. The zero-order valence-corrected chi connectivity index (χ0v) is 10.2. The van der Waals surface area contributed by atoms with Crippen LogP contribution in [0.15, 0.2) is 30.3 Å². The van der Waals surface area contributed by atoms with Crippen LogP contribution in [0.25, 0.3) is 0 Å². The van der Waals surface area contributed by atoms with E-state index >= 15 is 0 Å². The average Bonchev–Trinajstić information content (AvgIpc) is 2.79. The molecule has 1 aliphatic heterocycles. The lowest BCUT2D eigenvalue weighted by molar-refractivity contribution is -0.122. The molecule has 3 rings (SSSR count). The Morgan fingerprint density at radius 3 is 2.41 bits per heavy atom. The van der Waals surface area contributed by atoms with Crippen LogP contribution in [0.3, 0.4) is 0 Å². The van der Waals surface area contributed by atoms with Gasteiger partial charge in [0.25, 0.3) is 0 Å². The number of nitrogens with zero attached hydrogens (tertiary/aromatic N) is 1. The number of Topliss-reactive ketones (excluding diaryl/α,β-unsaturated/α-hetero) is 1. The van der Waals surface area contributed by atoms with E-state index in [1.165, 1.54) is 12.1 Å². The van der Waals surface area contributed by atoms with Crippen molar-refractivity contribution in [2.24, 2.45) is 5.41 Å². The van der Waals surface area contributed by atoms with Crippen LogP contribution in [-0.4, -0.2) is 18.9 Å². The molecule has 0 amide bonds. The third-order valence-corrected chi connectivity index (χ3v) is 4.43. The van der Waals surface area contributed by atoms with E-state index in [9.17, 15) is 4.79 Å². The molecule has 1 saturated carbocycles. The zero-order valence-electron chi connectivity index (χ0n) is 10.2. The first kappa shape index (κ1) is 10.8. The van der Waals surface area contributed by atoms with Crippen LogP contribution in [0, 0.1) is 5.41 Å². The third kappa shape index (κ3) is 2.08. The fourth-order valence-electron chi connectivity index (χ4n) is 3.26. The normalized spacial score (nSPS) is 23.3. The van der Waals surface area contributed by atoms with Gasteiger partial charge < -0.3 is 4.90 Å². The Kier molecular flexibility index (Phi) is 2.65. The van der Waals surface area contributed by atoms with Crippen molar-refractivity contribution >= 4 is 11.5 Å². The van der Waals surface area contributed by atoms with Crippen molar-refractivity contribution in [3.8, 4) is 0 Å². The summed E-state index contributed by atoms with van der Waals surface area (Å²) >= 11 is 0. The van der Waals surface area contributed by atoms with E-state index < -0.39 is 0 Å². The maximum absolute atomic E-state index is 11.3. The number of rotatable bonds is 1. The van der Waals surface area contributed by atoms with Crippen molar-refractivity contribution in [1.29, 1.82) is 0 Å². The smallest absolute Gasteiger partial charge is 0.132 e. The second-order valence-corrected chi connectivity index (χ2v) is 5.55. The number of anilines is 1. The highest BCUT2D eigenvalue weighted by molar-refractivity contribution is 5.79. The van der Waals surface area contributed by atoms with Crippen LogP contribution in [0.5, 0.6) is 0 Å². The molecule has 2 aliphatic rings. The molecule has 17 heavy (non-hydrogen) atoms.